The second-order valence-electron chi connectivity index (χ2n) is 6.28. The van der Waals surface area contributed by atoms with Crippen LogP contribution >= 0.6 is 0 Å². The van der Waals surface area contributed by atoms with Gasteiger partial charge in [-0.1, -0.05) is 0 Å². The predicted molar refractivity (Wildman–Crippen MR) is 95.1 cm³/mol. The van der Waals surface area contributed by atoms with Gasteiger partial charge >= 0.3 is 0 Å². The average Bonchev–Trinajstić information content (AvgIpc) is 2.64. The van der Waals surface area contributed by atoms with E-state index in [1.54, 1.807) is 37.8 Å². The molecule has 0 aliphatic heterocycles. The lowest BCUT2D eigenvalue weighted by Crippen LogP contribution is -2.41. The highest BCUT2D eigenvalue weighted by atomic mass is 16.5. The number of hydrogen-bond acceptors (Lipinski definition) is 6. The minimum absolute atomic E-state index is 0.134. The number of aliphatic hydroxyl groups excluding tert-OH is 1. The maximum absolute atomic E-state index is 12.9. The predicted octanol–water partition coefficient (Wildman–Crippen LogP) is 2.13. The number of nitrogens with one attached hydrogen (secondary N) is 1. The van der Waals surface area contributed by atoms with E-state index in [0.29, 0.717) is 36.6 Å². The highest BCUT2D eigenvalue weighted by Crippen LogP contribution is 2.38. The van der Waals surface area contributed by atoms with Gasteiger partial charge in [0, 0.05) is 12.4 Å². The fourth-order valence-electron chi connectivity index (χ4n) is 3.13. The lowest BCUT2D eigenvalue weighted by molar-refractivity contribution is 0.0234. The maximum atomic E-state index is 12.9. The summed E-state index contributed by atoms with van der Waals surface area (Å²) in [5.74, 6) is 0.799. The van der Waals surface area contributed by atoms with Crippen LogP contribution in [0.1, 0.15) is 41.7 Å². The van der Waals surface area contributed by atoms with Gasteiger partial charge in [0.15, 0.2) is 0 Å². The summed E-state index contributed by atoms with van der Waals surface area (Å²) < 4.78 is 10.7. The van der Waals surface area contributed by atoms with Gasteiger partial charge < -0.3 is 19.9 Å². The molecule has 0 bridgehead atoms. The smallest absolute Gasteiger partial charge is 0.257 e. The molecule has 138 valence electrons. The molecule has 7 heteroatoms. The highest BCUT2D eigenvalue weighted by Gasteiger charge is 2.36. The summed E-state index contributed by atoms with van der Waals surface area (Å²) >= 11 is 0. The number of carbonyl (C=O) groups is 1. The monoisotopic (exact) mass is 357 g/mol. The van der Waals surface area contributed by atoms with E-state index in [9.17, 15) is 9.90 Å². The summed E-state index contributed by atoms with van der Waals surface area (Å²) in [6.07, 6.45) is 5.86. The molecule has 1 aliphatic carbocycles. The zero-order valence-electron chi connectivity index (χ0n) is 14.9. The topological polar surface area (TPSA) is 93.6 Å². The molecule has 2 aromatic heterocycles. The van der Waals surface area contributed by atoms with Crippen molar-refractivity contribution >= 4 is 5.91 Å². The largest absolute Gasteiger partial charge is 0.495 e. The SMILES string of the molecule is CCOc1ncccc1C(=O)N[C@@H](c1cncc(OC)c1)C1CC(O)C1. The van der Waals surface area contributed by atoms with Gasteiger partial charge in [0.1, 0.15) is 11.3 Å². The first-order valence-electron chi connectivity index (χ1n) is 8.68. The summed E-state index contributed by atoms with van der Waals surface area (Å²) in [5, 5.41) is 12.8. The Bertz CT molecular complexity index is 762. The van der Waals surface area contributed by atoms with Crippen LogP contribution in [0.2, 0.25) is 0 Å². The van der Waals surface area contributed by atoms with Crippen molar-refractivity contribution in [2.45, 2.75) is 31.9 Å². The molecule has 0 spiro atoms. The molecule has 2 N–H and O–H groups in total. The summed E-state index contributed by atoms with van der Waals surface area (Å²) in [6.45, 7) is 2.27. The van der Waals surface area contributed by atoms with Crippen molar-refractivity contribution in [3.63, 3.8) is 0 Å². The lowest BCUT2D eigenvalue weighted by Gasteiger charge is -2.38. The Morgan fingerprint density at radius 1 is 1.42 bits per heavy atom. The third-order valence-electron chi connectivity index (χ3n) is 4.53. The summed E-state index contributed by atoms with van der Waals surface area (Å²) in [7, 11) is 1.57. The van der Waals surface area contributed by atoms with Crippen molar-refractivity contribution in [1.29, 1.82) is 0 Å². The molecule has 3 rings (SSSR count). The Morgan fingerprint density at radius 3 is 2.92 bits per heavy atom. The Kier molecular flexibility index (Phi) is 5.68. The van der Waals surface area contributed by atoms with Gasteiger partial charge in [0.2, 0.25) is 5.88 Å². The molecule has 1 aliphatic rings. The quantitative estimate of drug-likeness (QED) is 0.788. The van der Waals surface area contributed by atoms with Crippen LogP contribution in [0, 0.1) is 5.92 Å². The Hall–Kier alpha value is -2.67. The van der Waals surface area contributed by atoms with Gasteiger partial charge in [-0.05, 0) is 49.4 Å². The normalized spacial score (nSPS) is 20.0. The number of rotatable bonds is 7. The molecule has 7 nitrogen and oxygen atoms in total. The number of aliphatic hydroxyl groups is 1. The van der Waals surface area contributed by atoms with E-state index in [4.69, 9.17) is 9.47 Å². The van der Waals surface area contributed by atoms with Crippen LogP contribution < -0.4 is 14.8 Å². The number of nitrogens with zero attached hydrogens (tertiary/aromatic N) is 2. The molecule has 1 amide bonds. The first-order chi connectivity index (χ1) is 12.6. The number of pyridine rings is 2. The number of aromatic nitrogens is 2. The van der Waals surface area contributed by atoms with Crippen LogP contribution in [-0.2, 0) is 0 Å². The van der Waals surface area contributed by atoms with Crippen LogP contribution in [0.3, 0.4) is 0 Å². The highest BCUT2D eigenvalue weighted by molar-refractivity contribution is 5.96. The lowest BCUT2D eigenvalue weighted by atomic mass is 9.75. The Balaban J connectivity index is 1.85. The fourth-order valence-corrected chi connectivity index (χ4v) is 3.13. The Morgan fingerprint density at radius 2 is 2.23 bits per heavy atom. The number of ether oxygens (including phenoxy) is 2. The van der Waals surface area contributed by atoms with Crippen molar-refractivity contribution in [3.05, 3.63) is 47.9 Å². The van der Waals surface area contributed by atoms with Gasteiger partial charge in [-0.3, -0.25) is 9.78 Å². The van der Waals surface area contributed by atoms with Crippen molar-refractivity contribution < 1.29 is 19.4 Å². The standard InChI is InChI=1S/C19H23N3O4/c1-3-26-19-16(5-4-6-21-19)18(24)22-17(12-7-14(23)8-12)13-9-15(25-2)11-20-10-13/h4-6,9-12,14,17,23H,3,7-8H2,1-2H3,(H,22,24)/t12?,14?,17-/m1/s1. The first-order valence-corrected chi connectivity index (χ1v) is 8.68. The summed E-state index contributed by atoms with van der Waals surface area (Å²) in [5.41, 5.74) is 1.23. The molecular weight excluding hydrogens is 334 g/mol. The van der Waals surface area contributed by atoms with Crippen molar-refractivity contribution in [1.82, 2.24) is 15.3 Å². The van der Waals surface area contributed by atoms with Gasteiger partial charge in [-0.2, -0.15) is 0 Å². The molecule has 0 radical (unpaired) electrons. The second kappa shape index (κ2) is 8.14. The zero-order valence-corrected chi connectivity index (χ0v) is 14.9. The molecule has 26 heavy (non-hydrogen) atoms. The van der Waals surface area contributed by atoms with E-state index < -0.39 is 0 Å². The molecule has 1 saturated carbocycles. The van der Waals surface area contributed by atoms with Gasteiger partial charge in [-0.15, -0.1) is 0 Å². The fraction of sp³-hybridized carbons (Fsp3) is 0.421. The van der Waals surface area contributed by atoms with Crippen LogP contribution in [0.25, 0.3) is 0 Å². The van der Waals surface area contributed by atoms with Crippen molar-refractivity contribution in [2.24, 2.45) is 5.92 Å². The van der Waals surface area contributed by atoms with Gasteiger partial charge in [0.05, 0.1) is 32.1 Å². The molecule has 0 aromatic carbocycles. The second-order valence-corrected chi connectivity index (χ2v) is 6.28. The van der Waals surface area contributed by atoms with Crippen LogP contribution in [-0.4, -0.2) is 40.8 Å². The number of hydrogen-bond donors (Lipinski definition) is 2. The molecule has 0 saturated heterocycles. The molecule has 1 fully saturated rings. The number of amides is 1. The van der Waals surface area contributed by atoms with E-state index >= 15 is 0 Å². The van der Waals surface area contributed by atoms with E-state index in [1.807, 2.05) is 13.0 Å². The summed E-state index contributed by atoms with van der Waals surface area (Å²) in [4.78, 5) is 21.2. The summed E-state index contributed by atoms with van der Waals surface area (Å²) in [6, 6.07) is 4.97. The average molecular weight is 357 g/mol. The number of methoxy groups -OCH3 is 1. The van der Waals surface area contributed by atoms with Crippen LogP contribution in [0.4, 0.5) is 0 Å². The number of carbonyl (C=O) groups excluding carboxylic acids is 1. The third kappa shape index (κ3) is 3.94. The van der Waals surface area contributed by atoms with Crippen molar-refractivity contribution in [3.8, 4) is 11.6 Å². The Labute approximate surface area is 152 Å². The molecule has 1 atom stereocenters. The first kappa shape index (κ1) is 18.1. The van der Waals surface area contributed by atoms with Crippen LogP contribution in [0.15, 0.2) is 36.8 Å². The molecule has 2 aromatic rings. The molecule has 0 unspecified atom stereocenters. The van der Waals surface area contributed by atoms with Gasteiger partial charge in [-0.25, -0.2) is 4.98 Å². The van der Waals surface area contributed by atoms with E-state index in [0.717, 1.165) is 5.56 Å². The van der Waals surface area contributed by atoms with Gasteiger partial charge in [0.25, 0.3) is 5.91 Å². The minimum Gasteiger partial charge on any atom is -0.495 e. The minimum atomic E-state index is -0.324. The van der Waals surface area contributed by atoms with E-state index in [1.165, 1.54) is 0 Å². The maximum Gasteiger partial charge on any atom is 0.257 e. The zero-order chi connectivity index (χ0) is 18.5. The van der Waals surface area contributed by atoms with E-state index in [-0.39, 0.29) is 24.0 Å². The molecular formula is C19H23N3O4. The third-order valence-corrected chi connectivity index (χ3v) is 4.53. The van der Waals surface area contributed by atoms with Crippen molar-refractivity contribution in [2.75, 3.05) is 13.7 Å². The molecule has 2 heterocycles. The van der Waals surface area contributed by atoms with Crippen LogP contribution in [0.5, 0.6) is 11.6 Å². The van der Waals surface area contributed by atoms with E-state index in [2.05, 4.69) is 15.3 Å².